The molecule has 0 aliphatic heterocycles. The van der Waals surface area contributed by atoms with Gasteiger partial charge in [0.1, 0.15) is 0 Å². The maximum Gasteiger partial charge on any atom is 0.233 e. The van der Waals surface area contributed by atoms with Gasteiger partial charge in [-0.2, -0.15) is 0 Å². The van der Waals surface area contributed by atoms with E-state index in [1.54, 1.807) is 11.3 Å². The molecule has 28 heavy (non-hydrogen) atoms. The van der Waals surface area contributed by atoms with Crippen molar-refractivity contribution < 1.29 is 4.79 Å². The normalized spacial score (nSPS) is 16.0. The number of aryl methyl sites for hydroxylation is 1. The third-order valence-electron chi connectivity index (χ3n) is 5.30. The van der Waals surface area contributed by atoms with E-state index in [2.05, 4.69) is 52.0 Å². The van der Waals surface area contributed by atoms with Gasteiger partial charge in [-0.25, -0.2) is 0 Å². The maximum atomic E-state index is 12.9. The average Bonchev–Trinajstić information content (AvgIpc) is 3.40. The smallest absolute Gasteiger partial charge is 0.233 e. The zero-order chi connectivity index (χ0) is 19.5. The number of benzene rings is 1. The summed E-state index contributed by atoms with van der Waals surface area (Å²) >= 11 is 3.13. The molecule has 0 N–H and O–H groups in total. The number of thiophene rings is 1. The van der Waals surface area contributed by atoms with Gasteiger partial charge < -0.3 is 9.47 Å². The molecule has 1 aliphatic rings. The zero-order valence-corrected chi connectivity index (χ0v) is 17.8. The van der Waals surface area contributed by atoms with Gasteiger partial charge in [0.15, 0.2) is 11.0 Å². The van der Waals surface area contributed by atoms with Gasteiger partial charge in [-0.15, -0.1) is 21.5 Å². The molecule has 0 spiro atoms. The van der Waals surface area contributed by atoms with Crippen molar-refractivity contribution in [2.24, 2.45) is 0 Å². The minimum Gasteiger partial charge on any atom is -0.338 e. The van der Waals surface area contributed by atoms with E-state index in [9.17, 15) is 4.79 Å². The molecule has 0 saturated heterocycles. The first-order valence-corrected chi connectivity index (χ1v) is 11.5. The Balaban J connectivity index is 1.45. The van der Waals surface area contributed by atoms with E-state index in [1.807, 2.05) is 23.4 Å². The van der Waals surface area contributed by atoms with Crippen LogP contribution in [0.2, 0.25) is 0 Å². The number of aromatic nitrogens is 3. The second-order valence-corrected chi connectivity index (χ2v) is 8.82. The second-order valence-electron chi connectivity index (χ2n) is 6.93. The van der Waals surface area contributed by atoms with Crippen molar-refractivity contribution >= 4 is 29.0 Å². The highest BCUT2D eigenvalue weighted by molar-refractivity contribution is 7.99. The Hall–Kier alpha value is -2.12. The summed E-state index contributed by atoms with van der Waals surface area (Å²) < 4.78 is 2.08. The molecule has 5 nitrogen and oxygen atoms in total. The van der Waals surface area contributed by atoms with Crippen LogP contribution in [0.5, 0.6) is 0 Å². The summed E-state index contributed by atoms with van der Waals surface area (Å²) in [6.45, 7) is 2.86. The van der Waals surface area contributed by atoms with Gasteiger partial charge in [-0.3, -0.25) is 4.79 Å². The number of carbonyl (C=O) groups is 1. The number of rotatable bonds is 6. The lowest BCUT2D eigenvalue weighted by Crippen LogP contribution is -2.34. The molecule has 0 fully saturated rings. The summed E-state index contributed by atoms with van der Waals surface area (Å²) in [4.78, 5) is 15.9. The third-order valence-corrected chi connectivity index (χ3v) is 7.12. The molecule has 1 unspecified atom stereocenters. The number of fused-ring (bicyclic) bond motifs is 1. The molecule has 0 radical (unpaired) electrons. The van der Waals surface area contributed by atoms with Crippen LogP contribution in [0.15, 0.2) is 46.9 Å². The van der Waals surface area contributed by atoms with Crippen LogP contribution in [0.4, 0.5) is 0 Å². The number of hydrogen-bond acceptors (Lipinski definition) is 5. The van der Waals surface area contributed by atoms with Crippen molar-refractivity contribution in [2.75, 3.05) is 12.8 Å². The Morgan fingerprint density at radius 1 is 1.29 bits per heavy atom. The molecule has 2 aromatic heterocycles. The third kappa shape index (κ3) is 3.73. The minimum atomic E-state index is 0.134. The van der Waals surface area contributed by atoms with Crippen LogP contribution in [0.1, 0.15) is 36.9 Å². The minimum absolute atomic E-state index is 0.134. The number of amides is 1. The lowest BCUT2D eigenvalue weighted by Gasteiger charge is -2.33. The van der Waals surface area contributed by atoms with Crippen LogP contribution in [0.25, 0.3) is 10.7 Å². The van der Waals surface area contributed by atoms with Gasteiger partial charge in [-0.05, 0) is 48.8 Å². The van der Waals surface area contributed by atoms with Crippen molar-refractivity contribution in [3.05, 3.63) is 52.9 Å². The molecule has 3 aromatic rings. The standard InChI is InChI=1S/C21H24N4OS2/c1-3-25-20(18-12-7-13-27-18)22-23-21(25)28-14-19(26)24(2)17-11-6-9-15-8-4-5-10-16(15)17/h4-5,7-8,10,12-13,17H,3,6,9,11,14H2,1-2H3. The maximum absolute atomic E-state index is 12.9. The Bertz CT molecular complexity index is 951. The van der Waals surface area contributed by atoms with Crippen molar-refractivity contribution in [1.82, 2.24) is 19.7 Å². The number of thioether (sulfide) groups is 1. The van der Waals surface area contributed by atoms with Gasteiger partial charge in [0, 0.05) is 13.6 Å². The summed E-state index contributed by atoms with van der Waals surface area (Å²) in [5.41, 5.74) is 2.67. The van der Waals surface area contributed by atoms with E-state index in [0.29, 0.717) is 5.75 Å². The van der Waals surface area contributed by atoms with E-state index < -0.39 is 0 Å². The fourth-order valence-electron chi connectivity index (χ4n) is 3.80. The fraction of sp³-hybridized carbons (Fsp3) is 0.381. The van der Waals surface area contributed by atoms with Crippen molar-refractivity contribution in [1.29, 1.82) is 0 Å². The molecule has 2 heterocycles. The first kappa shape index (κ1) is 19.2. The molecular weight excluding hydrogens is 388 g/mol. The van der Waals surface area contributed by atoms with Crippen LogP contribution in [0.3, 0.4) is 0 Å². The number of hydrogen-bond donors (Lipinski definition) is 0. The number of nitrogens with zero attached hydrogens (tertiary/aromatic N) is 4. The van der Waals surface area contributed by atoms with E-state index >= 15 is 0 Å². The molecule has 0 saturated carbocycles. The van der Waals surface area contributed by atoms with Crippen molar-refractivity contribution in [3.63, 3.8) is 0 Å². The van der Waals surface area contributed by atoms with Crippen LogP contribution in [-0.2, 0) is 17.8 Å². The Morgan fingerprint density at radius 3 is 2.93 bits per heavy atom. The summed E-state index contributed by atoms with van der Waals surface area (Å²) in [6.07, 6.45) is 3.26. The monoisotopic (exact) mass is 412 g/mol. The molecule has 1 amide bonds. The van der Waals surface area contributed by atoms with E-state index in [0.717, 1.165) is 41.7 Å². The Kier molecular flexibility index (Phi) is 5.82. The van der Waals surface area contributed by atoms with Crippen LogP contribution >= 0.6 is 23.1 Å². The second kappa shape index (κ2) is 8.49. The number of carbonyl (C=O) groups excluding carboxylic acids is 1. The van der Waals surface area contributed by atoms with Gasteiger partial charge in [-0.1, -0.05) is 42.1 Å². The highest BCUT2D eigenvalue weighted by Gasteiger charge is 2.27. The summed E-state index contributed by atoms with van der Waals surface area (Å²) in [7, 11) is 1.93. The van der Waals surface area contributed by atoms with Crippen LogP contribution < -0.4 is 0 Å². The molecule has 0 bridgehead atoms. The molecule has 1 aromatic carbocycles. The van der Waals surface area contributed by atoms with Gasteiger partial charge >= 0.3 is 0 Å². The SMILES string of the molecule is CCn1c(SCC(=O)N(C)C2CCCc3ccccc32)nnc1-c1cccs1. The molecule has 146 valence electrons. The van der Waals surface area contributed by atoms with Gasteiger partial charge in [0.2, 0.25) is 5.91 Å². The zero-order valence-electron chi connectivity index (χ0n) is 16.2. The first-order valence-electron chi connectivity index (χ1n) is 9.62. The summed E-state index contributed by atoms with van der Waals surface area (Å²) in [5, 5.41) is 11.5. The lowest BCUT2D eigenvalue weighted by atomic mass is 9.87. The largest absolute Gasteiger partial charge is 0.338 e. The van der Waals surface area contributed by atoms with E-state index in [4.69, 9.17) is 0 Å². The van der Waals surface area contributed by atoms with E-state index in [1.165, 1.54) is 22.9 Å². The highest BCUT2D eigenvalue weighted by Crippen LogP contribution is 2.34. The Morgan fingerprint density at radius 2 is 2.14 bits per heavy atom. The van der Waals surface area contributed by atoms with Crippen molar-refractivity contribution in [3.8, 4) is 10.7 Å². The topological polar surface area (TPSA) is 51.0 Å². The predicted molar refractivity (Wildman–Crippen MR) is 115 cm³/mol. The fourth-order valence-corrected chi connectivity index (χ4v) is 5.44. The van der Waals surface area contributed by atoms with Crippen molar-refractivity contribution in [2.45, 2.75) is 43.9 Å². The molecule has 4 rings (SSSR count). The molecule has 1 aliphatic carbocycles. The van der Waals surface area contributed by atoms with Crippen LogP contribution in [-0.4, -0.2) is 38.4 Å². The highest BCUT2D eigenvalue weighted by atomic mass is 32.2. The van der Waals surface area contributed by atoms with E-state index in [-0.39, 0.29) is 11.9 Å². The van der Waals surface area contributed by atoms with Gasteiger partial charge in [0.05, 0.1) is 16.7 Å². The van der Waals surface area contributed by atoms with Gasteiger partial charge in [0.25, 0.3) is 0 Å². The quantitative estimate of drug-likeness (QED) is 0.553. The van der Waals surface area contributed by atoms with Crippen LogP contribution in [0, 0.1) is 0 Å². The molecule has 7 heteroatoms. The Labute approximate surface area is 173 Å². The summed E-state index contributed by atoms with van der Waals surface area (Å²) in [6, 6.07) is 12.7. The predicted octanol–water partition coefficient (Wildman–Crippen LogP) is 4.65. The molecule has 1 atom stereocenters. The summed E-state index contributed by atoms with van der Waals surface area (Å²) in [5.74, 6) is 1.38. The molecular formula is C21H24N4OS2. The average molecular weight is 413 g/mol. The lowest BCUT2D eigenvalue weighted by molar-refractivity contribution is -0.129. The first-order chi connectivity index (χ1) is 13.7.